The Hall–Kier alpha value is -6.34. The third kappa shape index (κ3) is 5.28. The van der Waals surface area contributed by atoms with Gasteiger partial charge in [-0.2, -0.15) is 0 Å². The van der Waals surface area contributed by atoms with Crippen molar-refractivity contribution in [3.05, 3.63) is 187 Å². The van der Waals surface area contributed by atoms with E-state index in [-0.39, 0.29) is 0 Å². The van der Waals surface area contributed by atoms with E-state index in [4.69, 9.17) is 4.42 Å². The van der Waals surface area contributed by atoms with Crippen molar-refractivity contribution in [2.45, 2.75) is 13.3 Å². The van der Waals surface area contributed by atoms with Crippen LogP contribution in [0.4, 0.5) is 11.4 Å². The summed E-state index contributed by atoms with van der Waals surface area (Å²) in [6.07, 6.45) is 5.56. The first kappa shape index (κ1) is 30.5. The largest absolute Gasteiger partial charge is 0.447 e. The van der Waals surface area contributed by atoms with E-state index in [9.17, 15) is 0 Å². The highest BCUT2D eigenvalue weighted by molar-refractivity contribution is 7.25. The van der Waals surface area contributed by atoms with Gasteiger partial charge in [-0.05, 0) is 125 Å². The number of anilines is 2. The highest BCUT2D eigenvalue weighted by atomic mass is 32.1. The van der Waals surface area contributed by atoms with Crippen molar-refractivity contribution in [1.29, 1.82) is 0 Å². The maximum atomic E-state index is 6.02. The van der Waals surface area contributed by atoms with Gasteiger partial charge in [0.25, 0.3) is 0 Å². The van der Waals surface area contributed by atoms with Gasteiger partial charge in [0.05, 0.1) is 0 Å². The van der Waals surface area contributed by atoms with Crippen molar-refractivity contribution in [2.24, 2.45) is 5.92 Å². The van der Waals surface area contributed by atoms with Crippen molar-refractivity contribution in [3.63, 3.8) is 0 Å². The first-order valence-corrected chi connectivity index (χ1v) is 18.6. The van der Waals surface area contributed by atoms with E-state index in [1.54, 1.807) is 0 Å². The van der Waals surface area contributed by atoms with Crippen molar-refractivity contribution >= 4 is 70.4 Å². The Kier molecular flexibility index (Phi) is 7.30. The van der Waals surface area contributed by atoms with Crippen LogP contribution in [0.3, 0.4) is 0 Å². The molecule has 0 fully saturated rings. The van der Waals surface area contributed by atoms with Gasteiger partial charge < -0.3 is 9.32 Å². The zero-order valence-electron chi connectivity index (χ0n) is 28.6. The van der Waals surface area contributed by atoms with Crippen molar-refractivity contribution in [1.82, 2.24) is 0 Å². The molecule has 0 aliphatic heterocycles. The third-order valence-electron chi connectivity index (χ3n) is 10.4. The molecule has 246 valence electrons. The number of furan rings is 1. The van der Waals surface area contributed by atoms with E-state index >= 15 is 0 Å². The SMILES string of the molecule is CC1CC(N(c2ccc(-c3ccc4oc5c#cccc5c4c3)cc2)c2ccc(-c3ccc4sc5ccccc5c4c3)cc2)=CC=C1c1ccccc1. The minimum atomic E-state index is 0.377. The van der Waals surface area contributed by atoms with Crippen LogP contribution in [0, 0.1) is 18.1 Å². The second kappa shape index (κ2) is 12.5. The molecular weight excluding hydrogens is 651 g/mol. The molecule has 3 heteroatoms. The maximum absolute atomic E-state index is 6.02. The standard InChI is InChI=1S/C49H33NOS/c1-32-29-40(25-26-41(32)35-9-3-2-4-10-35)50(38-21-15-33(16-22-38)36-19-27-47-44(30-36)42-11-5-7-13-46(42)51-47)39-23-17-34(18-24-39)37-20-28-49-45(31-37)43-12-6-8-14-48(43)52-49/h2-6,8-12,14-28,30-32H,29H2,1H3. The van der Waals surface area contributed by atoms with Crippen LogP contribution in [0.25, 0.3) is 69.9 Å². The van der Waals surface area contributed by atoms with Crippen molar-refractivity contribution < 1.29 is 4.42 Å². The smallest absolute Gasteiger partial charge is 0.185 e. The first-order valence-electron chi connectivity index (χ1n) is 17.8. The molecule has 1 aliphatic carbocycles. The van der Waals surface area contributed by atoms with Crippen LogP contribution < -0.4 is 4.90 Å². The fourth-order valence-electron chi connectivity index (χ4n) is 7.80. The van der Waals surface area contributed by atoms with E-state index < -0.39 is 0 Å². The van der Waals surface area contributed by atoms with Gasteiger partial charge in [0, 0.05) is 48.0 Å². The molecular formula is C49H33NOS. The quantitative estimate of drug-likeness (QED) is 0.173. The van der Waals surface area contributed by atoms with E-state index in [0.29, 0.717) is 5.92 Å². The topological polar surface area (TPSA) is 16.4 Å². The maximum Gasteiger partial charge on any atom is 0.185 e. The van der Waals surface area contributed by atoms with Crippen LogP contribution in [0.2, 0.25) is 0 Å². The fraction of sp³-hybridized carbons (Fsp3) is 0.0612. The van der Waals surface area contributed by atoms with Gasteiger partial charge in [-0.15, -0.1) is 11.3 Å². The molecule has 52 heavy (non-hydrogen) atoms. The lowest BCUT2D eigenvalue weighted by Gasteiger charge is -2.32. The Morgan fingerprint density at radius 1 is 0.577 bits per heavy atom. The zero-order chi connectivity index (χ0) is 34.6. The summed E-state index contributed by atoms with van der Waals surface area (Å²) < 4.78 is 8.68. The summed E-state index contributed by atoms with van der Waals surface area (Å²) in [5, 5.41) is 4.80. The lowest BCUT2D eigenvalue weighted by atomic mass is 9.86. The Morgan fingerprint density at radius 3 is 1.98 bits per heavy atom. The molecule has 9 aromatic rings. The van der Waals surface area contributed by atoms with Gasteiger partial charge in [-0.25, -0.2) is 0 Å². The van der Waals surface area contributed by atoms with Crippen molar-refractivity contribution in [2.75, 3.05) is 4.90 Å². The molecule has 2 aromatic heterocycles. The Labute approximate surface area is 307 Å². The summed E-state index contributed by atoms with van der Waals surface area (Å²) >= 11 is 1.86. The predicted molar refractivity (Wildman–Crippen MR) is 220 cm³/mol. The van der Waals surface area contributed by atoms with E-state index in [0.717, 1.165) is 50.9 Å². The molecule has 2 nitrogen and oxygen atoms in total. The summed E-state index contributed by atoms with van der Waals surface area (Å²) in [5.41, 5.74) is 12.6. The number of fused-ring (bicyclic) bond motifs is 6. The first-order chi connectivity index (χ1) is 25.7. The van der Waals surface area contributed by atoms with E-state index in [2.05, 4.69) is 176 Å². The molecule has 0 radical (unpaired) electrons. The summed E-state index contributed by atoms with van der Waals surface area (Å²) in [6.45, 7) is 2.34. The third-order valence-corrected chi connectivity index (χ3v) is 11.6. The van der Waals surface area contributed by atoms with Gasteiger partial charge in [0.1, 0.15) is 5.58 Å². The van der Waals surface area contributed by atoms with Crippen molar-refractivity contribution in [3.8, 4) is 22.3 Å². The number of thiophene rings is 1. The van der Waals surface area contributed by atoms with Gasteiger partial charge in [0.15, 0.2) is 5.58 Å². The molecule has 1 aliphatic rings. The molecule has 1 atom stereocenters. The highest BCUT2D eigenvalue weighted by Gasteiger charge is 2.23. The second-order valence-electron chi connectivity index (χ2n) is 13.6. The molecule has 0 bridgehead atoms. The lowest BCUT2D eigenvalue weighted by molar-refractivity contribution is 0.669. The number of benzene rings is 6. The van der Waals surface area contributed by atoms with Crippen LogP contribution in [0.1, 0.15) is 18.9 Å². The Morgan fingerprint density at radius 2 is 1.23 bits per heavy atom. The monoisotopic (exact) mass is 683 g/mol. The number of hydrogen-bond acceptors (Lipinski definition) is 3. The Balaban J connectivity index is 1.03. The molecule has 0 saturated carbocycles. The minimum absolute atomic E-state index is 0.377. The molecule has 10 rings (SSSR count). The van der Waals surface area contributed by atoms with E-state index in [1.165, 1.54) is 48.1 Å². The minimum Gasteiger partial charge on any atom is -0.447 e. The number of allylic oxidation sites excluding steroid dienone is 4. The van der Waals surface area contributed by atoms with Crippen LogP contribution in [-0.2, 0) is 0 Å². The molecule has 0 saturated heterocycles. The number of nitrogens with zero attached hydrogens (tertiary/aromatic N) is 1. The number of hydrogen-bond donors (Lipinski definition) is 0. The normalized spacial score (nSPS) is 14.4. The van der Waals surface area contributed by atoms with Gasteiger partial charge in [-0.3, -0.25) is 0 Å². The molecule has 1 unspecified atom stereocenters. The Bertz CT molecular complexity index is 2660. The predicted octanol–water partition coefficient (Wildman–Crippen LogP) is 14.0. The van der Waals surface area contributed by atoms with Crippen LogP contribution in [0.15, 0.2) is 174 Å². The lowest BCUT2D eigenvalue weighted by Crippen LogP contribution is -2.20. The average Bonchev–Trinajstić information content (AvgIpc) is 3.77. The fourth-order valence-corrected chi connectivity index (χ4v) is 8.88. The molecule has 2 heterocycles. The summed E-state index contributed by atoms with van der Waals surface area (Å²) in [4.78, 5) is 2.43. The summed E-state index contributed by atoms with van der Waals surface area (Å²) in [5.74, 6) is 0.377. The number of rotatable bonds is 6. The molecule has 0 N–H and O–H groups in total. The molecule has 7 aromatic carbocycles. The second-order valence-corrected chi connectivity index (χ2v) is 14.7. The molecule has 0 spiro atoms. The van der Waals surface area contributed by atoms with Gasteiger partial charge in [0.2, 0.25) is 0 Å². The van der Waals surface area contributed by atoms with E-state index in [1.807, 2.05) is 23.5 Å². The summed E-state index contributed by atoms with van der Waals surface area (Å²) in [6, 6.07) is 60.8. The zero-order valence-corrected chi connectivity index (χ0v) is 29.5. The average molecular weight is 684 g/mol. The van der Waals surface area contributed by atoms with Gasteiger partial charge in [-0.1, -0.05) is 104 Å². The van der Waals surface area contributed by atoms with Crippen LogP contribution in [0.5, 0.6) is 0 Å². The summed E-state index contributed by atoms with van der Waals surface area (Å²) in [7, 11) is 0. The molecule has 0 amide bonds. The van der Waals surface area contributed by atoms with Gasteiger partial charge >= 0.3 is 0 Å². The van der Waals surface area contributed by atoms with Crippen LogP contribution in [-0.4, -0.2) is 0 Å². The highest BCUT2D eigenvalue weighted by Crippen LogP contribution is 2.41. The van der Waals surface area contributed by atoms with Crippen LogP contribution >= 0.6 is 11.3 Å².